The average molecular weight is 364 g/mol. The van der Waals surface area contributed by atoms with Gasteiger partial charge in [-0.05, 0) is 18.8 Å². The second-order valence-electron chi connectivity index (χ2n) is 6.72. The Labute approximate surface area is 149 Å². The molecule has 1 heterocycles. The van der Waals surface area contributed by atoms with Crippen molar-refractivity contribution in [2.45, 2.75) is 19.3 Å². The fourth-order valence-corrected chi connectivity index (χ4v) is 4.15. The minimum atomic E-state index is -0.943. The molecule has 1 aromatic carbocycles. The summed E-state index contributed by atoms with van der Waals surface area (Å²) in [7, 11) is 2.72. The number of amides is 1. The summed E-state index contributed by atoms with van der Waals surface area (Å²) in [6, 6.07) is 2.43. The van der Waals surface area contributed by atoms with Gasteiger partial charge in [0.1, 0.15) is 5.56 Å². The van der Waals surface area contributed by atoms with Crippen LogP contribution in [0.5, 0.6) is 11.5 Å². The zero-order chi connectivity index (χ0) is 19.1. The molecule has 1 aliphatic heterocycles. The highest BCUT2D eigenvalue weighted by Crippen LogP contribution is 2.49. The summed E-state index contributed by atoms with van der Waals surface area (Å²) < 4.78 is 10.2. The van der Waals surface area contributed by atoms with Gasteiger partial charge < -0.3 is 19.5 Å². The average Bonchev–Trinajstić information content (AvgIpc) is 3.18. The first kappa shape index (κ1) is 18.0. The highest BCUT2D eigenvalue weighted by molar-refractivity contribution is 5.99. The van der Waals surface area contributed by atoms with Crippen molar-refractivity contribution >= 4 is 17.6 Å². The van der Waals surface area contributed by atoms with Crippen molar-refractivity contribution in [3.63, 3.8) is 0 Å². The lowest BCUT2D eigenvalue weighted by molar-refractivity contribution is -0.385. The number of hydrogen-bond donors (Lipinski definition) is 1. The Kier molecular flexibility index (Phi) is 4.47. The van der Waals surface area contributed by atoms with Crippen LogP contribution in [-0.2, 0) is 4.79 Å². The SMILES string of the molecule is COc1cc(C(=O)N2C[C@@H]3CCC[C@@]3(C(=O)O)C2)c([N+](=O)[O-])cc1OC. The fourth-order valence-electron chi connectivity index (χ4n) is 4.15. The molecule has 2 fully saturated rings. The third kappa shape index (κ3) is 2.63. The smallest absolute Gasteiger partial charge is 0.311 e. The summed E-state index contributed by atoms with van der Waals surface area (Å²) in [5, 5.41) is 21.1. The highest BCUT2D eigenvalue weighted by Gasteiger charge is 2.56. The molecule has 1 aliphatic carbocycles. The summed E-state index contributed by atoms with van der Waals surface area (Å²) in [6.45, 7) is 0.355. The summed E-state index contributed by atoms with van der Waals surface area (Å²) in [6.07, 6.45) is 2.07. The fraction of sp³-hybridized carbons (Fsp3) is 0.529. The minimum absolute atomic E-state index is 0.0668. The standard InChI is InChI=1S/C17H20N2O7/c1-25-13-6-11(12(19(23)24)7-14(13)26-2)15(20)18-8-10-4-3-5-17(10,9-18)16(21)22/h6-7,10H,3-5,8-9H2,1-2H3,(H,21,22)/t10-,17+/m0/s1. The monoisotopic (exact) mass is 364 g/mol. The van der Waals surface area contributed by atoms with Crippen LogP contribution in [0.2, 0.25) is 0 Å². The molecule has 2 atom stereocenters. The first-order chi connectivity index (χ1) is 12.3. The van der Waals surface area contributed by atoms with E-state index < -0.39 is 27.9 Å². The lowest BCUT2D eigenvalue weighted by Gasteiger charge is -2.23. The van der Waals surface area contributed by atoms with Gasteiger partial charge in [-0.2, -0.15) is 0 Å². The number of carbonyl (C=O) groups is 2. The van der Waals surface area contributed by atoms with E-state index in [9.17, 15) is 24.8 Å². The largest absolute Gasteiger partial charge is 0.493 e. The van der Waals surface area contributed by atoms with Gasteiger partial charge in [0.05, 0.1) is 30.6 Å². The molecule has 9 heteroatoms. The number of aliphatic carboxylic acids is 1. The van der Waals surface area contributed by atoms with Crippen molar-refractivity contribution in [3.8, 4) is 11.5 Å². The van der Waals surface area contributed by atoms with E-state index in [4.69, 9.17) is 9.47 Å². The van der Waals surface area contributed by atoms with Crippen molar-refractivity contribution in [2.75, 3.05) is 27.3 Å². The van der Waals surface area contributed by atoms with E-state index >= 15 is 0 Å². The molecule has 0 unspecified atom stereocenters. The first-order valence-corrected chi connectivity index (χ1v) is 8.27. The molecule has 26 heavy (non-hydrogen) atoms. The molecule has 0 aromatic heterocycles. The Morgan fingerprint density at radius 3 is 2.50 bits per heavy atom. The molecule has 0 spiro atoms. The van der Waals surface area contributed by atoms with Gasteiger partial charge in [0, 0.05) is 19.2 Å². The minimum Gasteiger partial charge on any atom is -0.493 e. The van der Waals surface area contributed by atoms with Crippen LogP contribution in [0.1, 0.15) is 29.6 Å². The van der Waals surface area contributed by atoms with Crippen molar-refractivity contribution < 1.29 is 29.1 Å². The molecule has 0 bridgehead atoms. The number of nitrogens with zero attached hydrogens (tertiary/aromatic N) is 2. The van der Waals surface area contributed by atoms with Crippen LogP contribution in [0.4, 0.5) is 5.69 Å². The third-order valence-corrected chi connectivity index (χ3v) is 5.51. The quantitative estimate of drug-likeness (QED) is 0.626. The maximum atomic E-state index is 13.0. The van der Waals surface area contributed by atoms with Crippen LogP contribution in [0, 0.1) is 21.4 Å². The second-order valence-corrected chi connectivity index (χ2v) is 6.72. The number of hydrogen-bond acceptors (Lipinski definition) is 6. The van der Waals surface area contributed by atoms with Gasteiger partial charge in [0.15, 0.2) is 11.5 Å². The number of methoxy groups -OCH3 is 2. The molecule has 0 radical (unpaired) electrons. The van der Waals surface area contributed by atoms with Crippen LogP contribution < -0.4 is 9.47 Å². The van der Waals surface area contributed by atoms with E-state index in [2.05, 4.69) is 0 Å². The number of likely N-dealkylation sites (tertiary alicyclic amines) is 1. The zero-order valence-electron chi connectivity index (χ0n) is 14.6. The van der Waals surface area contributed by atoms with Crippen LogP contribution in [0.25, 0.3) is 0 Å². The zero-order valence-corrected chi connectivity index (χ0v) is 14.6. The molecule has 9 nitrogen and oxygen atoms in total. The van der Waals surface area contributed by atoms with E-state index in [0.29, 0.717) is 6.42 Å². The molecular formula is C17H20N2O7. The molecule has 1 aromatic rings. The van der Waals surface area contributed by atoms with Crippen molar-refractivity contribution in [1.29, 1.82) is 0 Å². The van der Waals surface area contributed by atoms with E-state index in [-0.39, 0.29) is 36.1 Å². The Hall–Kier alpha value is -2.84. The van der Waals surface area contributed by atoms with Crippen LogP contribution in [0.3, 0.4) is 0 Å². The topological polar surface area (TPSA) is 119 Å². The number of carbonyl (C=O) groups excluding carboxylic acids is 1. The Morgan fingerprint density at radius 2 is 1.96 bits per heavy atom. The Balaban J connectivity index is 1.98. The van der Waals surface area contributed by atoms with Crippen LogP contribution in [-0.4, -0.2) is 54.1 Å². The summed E-state index contributed by atoms with van der Waals surface area (Å²) >= 11 is 0. The van der Waals surface area contributed by atoms with Crippen molar-refractivity contribution in [3.05, 3.63) is 27.8 Å². The normalized spacial score (nSPS) is 24.2. The molecule has 1 saturated carbocycles. The summed E-state index contributed by atoms with van der Waals surface area (Å²) in [5.41, 5.74) is -1.47. The van der Waals surface area contributed by atoms with E-state index in [1.54, 1.807) is 0 Å². The lowest BCUT2D eigenvalue weighted by Crippen LogP contribution is -2.37. The van der Waals surface area contributed by atoms with Gasteiger partial charge in [-0.3, -0.25) is 19.7 Å². The number of benzene rings is 1. The van der Waals surface area contributed by atoms with Gasteiger partial charge in [-0.15, -0.1) is 0 Å². The maximum Gasteiger partial charge on any atom is 0.311 e. The Bertz CT molecular complexity index is 779. The van der Waals surface area contributed by atoms with Gasteiger partial charge in [0.2, 0.25) is 0 Å². The first-order valence-electron chi connectivity index (χ1n) is 8.27. The Morgan fingerprint density at radius 1 is 1.31 bits per heavy atom. The van der Waals surface area contributed by atoms with E-state index in [1.807, 2.05) is 0 Å². The van der Waals surface area contributed by atoms with Crippen LogP contribution >= 0.6 is 0 Å². The number of nitro benzene ring substituents is 1. The molecule has 1 amide bonds. The molecular weight excluding hydrogens is 344 g/mol. The van der Waals surface area contributed by atoms with Gasteiger partial charge in [0.25, 0.3) is 11.6 Å². The summed E-state index contributed by atoms with van der Waals surface area (Å²) in [4.78, 5) is 36.9. The molecule has 1 N–H and O–H groups in total. The van der Waals surface area contributed by atoms with Gasteiger partial charge >= 0.3 is 5.97 Å². The molecule has 2 aliphatic rings. The predicted octanol–water partition coefficient (Wildman–Crippen LogP) is 1.94. The number of fused-ring (bicyclic) bond motifs is 1. The van der Waals surface area contributed by atoms with Crippen molar-refractivity contribution in [1.82, 2.24) is 4.90 Å². The number of ether oxygens (including phenoxy) is 2. The predicted molar refractivity (Wildman–Crippen MR) is 89.5 cm³/mol. The van der Waals surface area contributed by atoms with Gasteiger partial charge in [-0.25, -0.2) is 0 Å². The highest BCUT2D eigenvalue weighted by atomic mass is 16.6. The lowest BCUT2D eigenvalue weighted by atomic mass is 9.81. The molecule has 3 rings (SSSR count). The van der Waals surface area contributed by atoms with Crippen LogP contribution in [0.15, 0.2) is 12.1 Å². The summed E-state index contributed by atoms with van der Waals surface area (Å²) in [5.74, 6) is -1.24. The number of carboxylic acids is 1. The van der Waals surface area contributed by atoms with E-state index in [1.165, 1.54) is 25.2 Å². The molecule has 140 valence electrons. The molecule has 1 saturated heterocycles. The number of nitro groups is 1. The maximum absolute atomic E-state index is 13.0. The second kappa shape index (κ2) is 6.47. The number of rotatable bonds is 5. The van der Waals surface area contributed by atoms with E-state index in [0.717, 1.165) is 18.9 Å². The third-order valence-electron chi connectivity index (χ3n) is 5.51. The number of carboxylic acid groups (broad SMARTS) is 1. The van der Waals surface area contributed by atoms with Crippen molar-refractivity contribution in [2.24, 2.45) is 11.3 Å². The van der Waals surface area contributed by atoms with Gasteiger partial charge in [-0.1, -0.05) is 6.42 Å².